The first-order valence-corrected chi connectivity index (χ1v) is 8.41. The predicted octanol–water partition coefficient (Wildman–Crippen LogP) is 3.01. The Morgan fingerprint density at radius 2 is 1.69 bits per heavy atom. The Hall–Kier alpha value is -3.12. The molecule has 0 bridgehead atoms. The number of rotatable bonds is 8. The van der Waals surface area contributed by atoms with E-state index >= 15 is 0 Å². The van der Waals surface area contributed by atoms with Crippen molar-refractivity contribution in [1.82, 2.24) is 9.55 Å². The van der Waals surface area contributed by atoms with Gasteiger partial charge in [-0.15, -0.1) is 0 Å². The molecule has 0 aliphatic carbocycles. The van der Waals surface area contributed by atoms with Gasteiger partial charge < -0.3 is 9.84 Å². The summed E-state index contributed by atoms with van der Waals surface area (Å²) >= 11 is 0. The molecule has 0 aliphatic rings. The number of carbonyl (C=O) groups is 1. The Morgan fingerprint density at radius 3 is 2.35 bits per heavy atom. The Morgan fingerprint density at radius 1 is 1.04 bits per heavy atom. The van der Waals surface area contributed by atoms with Crippen LogP contribution in [0.15, 0.2) is 65.5 Å². The van der Waals surface area contributed by atoms with E-state index < -0.39 is 11.7 Å². The summed E-state index contributed by atoms with van der Waals surface area (Å²) in [5.41, 5.74) is 1.66. The molecule has 6 heteroatoms. The largest absolute Gasteiger partial charge is 0.477 e. The molecule has 0 unspecified atom stereocenters. The number of aromatic carboxylic acids is 1. The summed E-state index contributed by atoms with van der Waals surface area (Å²) in [5.74, 6) is -1.14. The lowest BCUT2D eigenvalue weighted by molar-refractivity contribution is 0.0689. The molecule has 0 saturated heterocycles. The number of carboxylic acids is 1. The third kappa shape index (κ3) is 4.10. The molecule has 0 saturated carbocycles. The van der Waals surface area contributed by atoms with Crippen LogP contribution in [0.4, 0.5) is 0 Å². The number of benzene rings is 2. The first-order chi connectivity index (χ1) is 12.7. The second-order valence-electron chi connectivity index (χ2n) is 5.87. The van der Waals surface area contributed by atoms with Crippen molar-refractivity contribution >= 4 is 5.97 Å². The number of hydrogen-bond donors (Lipinski definition) is 2. The number of nitrogens with one attached hydrogen (secondary N) is 1. The van der Waals surface area contributed by atoms with Crippen molar-refractivity contribution in [3.63, 3.8) is 0 Å². The van der Waals surface area contributed by atoms with Crippen LogP contribution >= 0.6 is 0 Å². The van der Waals surface area contributed by atoms with Gasteiger partial charge >= 0.3 is 11.7 Å². The number of para-hydroxylation sites is 1. The molecule has 2 N–H and O–H groups in total. The summed E-state index contributed by atoms with van der Waals surface area (Å²) in [6.07, 6.45) is 1.03. The van der Waals surface area contributed by atoms with E-state index in [9.17, 15) is 14.7 Å². The third-order valence-electron chi connectivity index (χ3n) is 4.04. The van der Waals surface area contributed by atoms with Crippen molar-refractivity contribution in [2.75, 3.05) is 6.61 Å². The third-order valence-corrected chi connectivity index (χ3v) is 4.04. The van der Waals surface area contributed by atoms with Crippen molar-refractivity contribution in [1.29, 1.82) is 0 Å². The van der Waals surface area contributed by atoms with E-state index in [0.717, 1.165) is 5.56 Å². The minimum Gasteiger partial charge on any atom is -0.477 e. The molecule has 1 heterocycles. The maximum absolute atomic E-state index is 12.3. The van der Waals surface area contributed by atoms with Gasteiger partial charge in [0, 0.05) is 6.61 Å². The normalized spacial score (nSPS) is 10.8. The summed E-state index contributed by atoms with van der Waals surface area (Å²) in [4.78, 5) is 26.2. The van der Waals surface area contributed by atoms with Crippen LogP contribution in [0, 0.1) is 0 Å². The number of carboxylic acid groups (broad SMARTS) is 1. The summed E-state index contributed by atoms with van der Waals surface area (Å²) in [6, 6.07) is 18.8. The van der Waals surface area contributed by atoms with E-state index in [1.807, 2.05) is 48.5 Å². The highest BCUT2D eigenvalue weighted by Gasteiger charge is 2.19. The van der Waals surface area contributed by atoms with Crippen LogP contribution in [0.5, 0.6) is 0 Å². The summed E-state index contributed by atoms with van der Waals surface area (Å²) < 4.78 is 7.07. The Bertz CT molecular complexity index is 914. The van der Waals surface area contributed by atoms with Gasteiger partial charge in [0.2, 0.25) is 0 Å². The Balaban J connectivity index is 1.70. The number of aromatic nitrogens is 2. The number of H-pyrrole nitrogens is 1. The maximum atomic E-state index is 12.3. The first kappa shape index (κ1) is 17.7. The Kier molecular flexibility index (Phi) is 5.66. The molecular formula is C20H20N2O4. The SMILES string of the molecule is O=C(O)c1[nH]c(=O)n(-c2ccccc2)c1CCCOCc1ccccc1. The zero-order valence-corrected chi connectivity index (χ0v) is 14.2. The minimum absolute atomic E-state index is 0.0677. The summed E-state index contributed by atoms with van der Waals surface area (Å²) in [6.45, 7) is 0.980. The fraction of sp³-hybridized carbons (Fsp3) is 0.200. The van der Waals surface area contributed by atoms with Gasteiger partial charge in [-0.05, 0) is 30.5 Å². The van der Waals surface area contributed by atoms with Crippen molar-refractivity contribution in [2.24, 2.45) is 0 Å². The van der Waals surface area contributed by atoms with Crippen molar-refractivity contribution in [2.45, 2.75) is 19.4 Å². The predicted molar refractivity (Wildman–Crippen MR) is 97.8 cm³/mol. The average Bonchev–Trinajstić information content (AvgIpc) is 2.99. The van der Waals surface area contributed by atoms with Crippen LogP contribution < -0.4 is 5.69 Å². The molecule has 0 atom stereocenters. The van der Waals surface area contributed by atoms with Gasteiger partial charge in [-0.25, -0.2) is 9.59 Å². The van der Waals surface area contributed by atoms with Gasteiger partial charge in [0.15, 0.2) is 0 Å². The molecule has 0 amide bonds. The zero-order valence-electron chi connectivity index (χ0n) is 14.2. The highest BCUT2D eigenvalue weighted by atomic mass is 16.5. The highest BCUT2D eigenvalue weighted by Crippen LogP contribution is 2.14. The highest BCUT2D eigenvalue weighted by molar-refractivity contribution is 5.86. The van der Waals surface area contributed by atoms with E-state index in [-0.39, 0.29) is 5.69 Å². The topological polar surface area (TPSA) is 84.3 Å². The van der Waals surface area contributed by atoms with Gasteiger partial charge in [-0.2, -0.15) is 0 Å². The molecule has 0 spiro atoms. The van der Waals surface area contributed by atoms with Crippen molar-refractivity contribution < 1.29 is 14.6 Å². The van der Waals surface area contributed by atoms with Gasteiger partial charge in [0.1, 0.15) is 5.69 Å². The quantitative estimate of drug-likeness (QED) is 0.610. The molecule has 3 rings (SSSR count). The molecule has 1 aromatic heterocycles. The van der Waals surface area contributed by atoms with E-state index in [0.29, 0.717) is 37.4 Å². The summed E-state index contributed by atoms with van der Waals surface area (Å²) in [5, 5.41) is 9.39. The molecular weight excluding hydrogens is 332 g/mol. The zero-order chi connectivity index (χ0) is 18.4. The van der Waals surface area contributed by atoms with E-state index in [1.54, 1.807) is 12.1 Å². The van der Waals surface area contributed by atoms with Crippen molar-refractivity contribution in [3.05, 3.63) is 88.1 Å². The lowest BCUT2D eigenvalue weighted by Crippen LogP contribution is -2.17. The lowest BCUT2D eigenvalue weighted by Gasteiger charge is -2.09. The van der Waals surface area contributed by atoms with E-state index in [2.05, 4.69) is 4.98 Å². The van der Waals surface area contributed by atoms with Crippen LogP contribution in [0.1, 0.15) is 28.2 Å². The Labute approximate surface area is 150 Å². The molecule has 0 fully saturated rings. The van der Waals surface area contributed by atoms with Gasteiger partial charge in [0.05, 0.1) is 18.0 Å². The summed E-state index contributed by atoms with van der Waals surface area (Å²) in [7, 11) is 0. The van der Waals surface area contributed by atoms with Gasteiger partial charge in [-0.1, -0.05) is 48.5 Å². The van der Waals surface area contributed by atoms with Crippen LogP contribution in [0.25, 0.3) is 5.69 Å². The van der Waals surface area contributed by atoms with Gasteiger partial charge in [-0.3, -0.25) is 9.55 Å². The number of imidazole rings is 1. The van der Waals surface area contributed by atoms with Gasteiger partial charge in [0.25, 0.3) is 0 Å². The fourth-order valence-electron chi connectivity index (χ4n) is 2.84. The number of ether oxygens (including phenoxy) is 1. The molecule has 134 valence electrons. The minimum atomic E-state index is -1.14. The molecule has 2 aromatic carbocycles. The fourth-order valence-corrected chi connectivity index (χ4v) is 2.84. The molecule has 0 aliphatic heterocycles. The second-order valence-corrected chi connectivity index (χ2v) is 5.87. The lowest BCUT2D eigenvalue weighted by atomic mass is 10.2. The van der Waals surface area contributed by atoms with E-state index in [1.165, 1.54) is 4.57 Å². The van der Waals surface area contributed by atoms with Crippen LogP contribution in [0.2, 0.25) is 0 Å². The van der Waals surface area contributed by atoms with Crippen molar-refractivity contribution in [3.8, 4) is 5.69 Å². The number of hydrogen-bond acceptors (Lipinski definition) is 3. The molecule has 0 radical (unpaired) electrons. The smallest absolute Gasteiger partial charge is 0.354 e. The molecule has 26 heavy (non-hydrogen) atoms. The maximum Gasteiger partial charge on any atom is 0.354 e. The molecule has 3 aromatic rings. The van der Waals surface area contributed by atoms with Crippen LogP contribution in [-0.4, -0.2) is 27.2 Å². The van der Waals surface area contributed by atoms with Crippen LogP contribution in [0.3, 0.4) is 0 Å². The van der Waals surface area contributed by atoms with Crippen LogP contribution in [-0.2, 0) is 17.8 Å². The first-order valence-electron chi connectivity index (χ1n) is 8.41. The second kappa shape index (κ2) is 8.31. The molecule has 6 nitrogen and oxygen atoms in total. The standard InChI is InChI=1S/C20H20N2O4/c23-19(24)18-17(12-7-13-26-14-15-8-3-1-4-9-15)22(20(25)21-18)16-10-5-2-6-11-16/h1-6,8-11H,7,12-14H2,(H,21,25)(H,23,24). The average molecular weight is 352 g/mol. The monoisotopic (exact) mass is 352 g/mol. The number of nitrogens with zero attached hydrogens (tertiary/aromatic N) is 1. The number of aromatic amines is 1. The van der Waals surface area contributed by atoms with E-state index in [4.69, 9.17) is 4.74 Å².